The van der Waals surface area contributed by atoms with Gasteiger partial charge in [0, 0.05) is 18.1 Å². The summed E-state index contributed by atoms with van der Waals surface area (Å²) in [7, 11) is -3.53. The first kappa shape index (κ1) is 20.6. The fourth-order valence-corrected chi connectivity index (χ4v) is 5.92. The Balaban J connectivity index is 1.33. The minimum Gasteiger partial charge on any atom is -0.299 e. The number of benzene rings is 2. The highest BCUT2D eigenvalue weighted by Gasteiger charge is 2.34. The molecule has 0 spiro atoms. The van der Waals surface area contributed by atoms with Gasteiger partial charge < -0.3 is 0 Å². The molecule has 0 aliphatic carbocycles. The largest absolute Gasteiger partial charge is 0.299 e. The molecule has 0 saturated carbocycles. The summed E-state index contributed by atoms with van der Waals surface area (Å²) < 4.78 is 28.0. The molecule has 0 aromatic heterocycles. The zero-order valence-corrected chi connectivity index (χ0v) is 18.1. The normalized spacial score (nSPS) is 21.4. The van der Waals surface area contributed by atoms with Crippen molar-refractivity contribution < 1.29 is 8.42 Å². The molecule has 1 unspecified atom stereocenters. The van der Waals surface area contributed by atoms with E-state index in [1.54, 1.807) is 24.3 Å². The molecule has 0 saturated heterocycles. The highest BCUT2D eigenvalue weighted by Crippen LogP contribution is 2.31. The van der Waals surface area contributed by atoms with Crippen molar-refractivity contribution in [2.75, 3.05) is 19.6 Å². The van der Waals surface area contributed by atoms with E-state index in [9.17, 15) is 8.42 Å². The summed E-state index contributed by atoms with van der Waals surface area (Å²) in [5.74, 6) is 0. The molecule has 2 aromatic carbocycles. The van der Waals surface area contributed by atoms with Crippen molar-refractivity contribution >= 4 is 26.5 Å². The van der Waals surface area contributed by atoms with Gasteiger partial charge in [0.25, 0.3) is 0 Å². The van der Waals surface area contributed by atoms with Crippen molar-refractivity contribution in [1.29, 1.82) is 0 Å². The fourth-order valence-electron chi connectivity index (χ4n) is 4.12. The lowest BCUT2D eigenvalue weighted by atomic mass is 10.00. The Morgan fingerprint density at radius 1 is 1.14 bits per heavy atom. The molecule has 0 fully saturated rings. The van der Waals surface area contributed by atoms with Gasteiger partial charge in [-0.15, -0.1) is 0 Å². The summed E-state index contributed by atoms with van der Waals surface area (Å²) in [4.78, 5) is 2.81. The summed E-state index contributed by atoms with van der Waals surface area (Å²) >= 11 is 5.93. The van der Waals surface area contributed by atoms with E-state index in [4.69, 9.17) is 11.6 Å². The van der Waals surface area contributed by atoms with Gasteiger partial charge in [-0.2, -0.15) is 4.72 Å². The number of fused-ring (bicyclic) bond motifs is 1. The second kappa shape index (κ2) is 8.58. The summed E-state index contributed by atoms with van der Waals surface area (Å²) in [6.45, 7) is 5.67. The van der Waals surface area contributed by atoms with E-state index >= 15 is 0 Å². The van der Waals surface area contributed by atoms with Gasteiger partial charge in [-0.1, -0.05) is 48.0 Å². The Morgan fingerprint density at radius 2 is 1.86 bits per heavy atom. The van der Waals surface area contributed by atoms with Crippen LogP contribution in [0.3, 0.4) is 0 Å². The molecule has 0 amide bonds. The zero-order valence-electron chi connectivity index (χ0n) is 16.5. The van der Waals surface area contributed by atoms with Crippen molar-refractivity contribution in [1.82, 2.24) is 14.9 Å². The first-order chi connectivity index (χ1) is 13.9. The van der Waals surface area contributed by atoms with Gasteiger partial charge in [0.1, 0.15) is 0 Å². The Morgan fingerprint density at radius 3 is 2.62 bits per heavy atom. The molecule has 2 aliphatic heterocycles. The topological polar surface area (TPSA) is 61.4 Å². The lowest BCUT2D eigenvalue weighted by Crippen LogP contribution is -2.42. The number of halogens is 1. The average Bonchev–Trinajstić information content (AvgIpc) is 2.94. The van der Waals surface area contributed by atoms with E-state index < -0.39 is 10.0 Å². The molecule has 1 atom stereocenters. The quantitative estimate of drug-likeness (QED) is 0.688. The van der Waals surface area contributed by atoms with Crippen LogP contribution in [0, 0.1) is 0 Å². The van der Waals surface area contributed by atoms with E-state index in [1.807, 2.05) is 6.92 Å². The van der Waals surface area contributed by atoms with Gasteiger partial charge in [-0.3, -0.25) is 10.2 Å². The van der Waals surface area contributed by atoms with Crippen molar-refractivity contribution in [2.45, 2.75) is 32.5 Å². The first-order valence-corrected chi connectivity index (χ1v) is 11.8. The molecule has 2 aliphatic rings. The van der Waals surface area contributed by atoms with E-state index in [0.29, 0.717) is 15.5 Å². The number of nitrogens with zero attached hydrogens (tertiary/aromatic N) is 1. The number of nitrogens with one attached hydrogen (secondary N) is 2. The third-order valence-electron chi connectivity index (χ3n) is 5.65. The minimum absolute atomic E-state index is 0.347. The minimum atomic E-state index is -3.53. The van der Waals surface area contributed by atoms with Gasteiger partial charge in [-0.25, -0.2) is 8.42 Å². The van der Waals surface area contributed by atoms with Crippen molar-refractivity contribution in [3.63, 3.8) is 0 Å². The molecule has 0 bridgehead atoms. The third kappa shape index (κ3) is 4.57. The van der Waals surface area contributed by atoms with E-state index in [-0.39, 0.29) is 6.17 Å². The van der Waals surface area contributed by atoms with Gasteiger partial charge in [0.15, 0.2) is 0 Å². The molecule has 2 N–H and O–H groups in total. The maximum Gasteiger partial charge on any atom is 0.242 e. The number of sulfonamides is 1. The molecule has 154 valence electrons. The van der Waals surface area contributed by atoms with Gasteiger partial charge >= 0.3 is 0 Å². The highest BCUT2D eigenvalue weighted by atomic mass is 35.5. The van der Waals surface area contributed by atoms with Crippen LogP contribution in [-0.4, -0.2) is 39.1 Å². The predicted octanol–water partition coefficient (Wildman–Crippen LogP) is 3.37. The molecule has 29 heavy (non-hydrogen) atoms. The molecule has 4 rings (SSSR count). The van der Waals surface area contributed by atoms with Crippen LogP contribution >= 0.6 is 11.6 Å². The maximum atomic E-state index is 12.6. The van der Waals surface area contributed by atoms with Crippen LogP contribution in [0.2, 0.25) is 5.02 Å². The van der Waals surface area contributed by atoms with E-state index in [1.165, 1.54) is 11.1 Å². The number of rotatable bonds is 6. The molecule has 0 radical (unpaired) electrons. The molecular formula is C22H26ClN3O2S. The van der Waals surface area contributed by atoms with E-state index in [2.05, 4.69) is 39.2 Å². The number of hydrogen-bond donors (Lipinski definition) is 2. The second-order valence-electron chi connectivity index (χ2n) is 7.68. The molecule has 5 nitrogen and oxygen atoms in total. The van der Waals surface area contributed by atoms with E-state index in [0.717, 1.165) is 44.6 Å². The van der Waals surface area contributed by atoms with Crippen molar-refractivity contribution in [3.8, 4) is 0 Å². The summed E-state index contributed by atoms with van der Waals surface area (Å²) in [5.41, 5.74) is 4.33. The van der Waals surface area contributed by atoms with Crippen molar-refractivity contribution in [3.05, 3.63) is 75.8 Å². The van der Waals surface area contributed by atoms with Crippen LogP contribution in [0.5, 0.6) is 0 Å². The third-order valence-corrected chi connectivity index (χ3v) is 7.54. The smallest absolute Gasteiger partial charge is 0.242 e. The second-order valence-corrected chi connectivity index (χ2v) is 9.76. The van der Waals surface area contributed by atoms with Gasteiger partial charge in [-0.05, 0) is 67.3 Å². The monoisotopic (exact) mass is 431 g/mol. The average molecular weight is 432 g/mol. The highest BCUT2D eigenvalue weighted by molar-refractivity contribution is 7.99. The van der Waals surface area contributed by atoms with Crippen LogP contribution in [0.1, 0.15) is 30.0 Å². The lowest BCUT2D eigenvalue weighted by molar-refractivity contribution is 0.249. The van der Waals surface area contributed by atoms with Gasteiger partial charge in [0.05, 0.1) is 11.1 Å². The fraction of sp³-hybridized carbons (Fsp3) is 0.364. The molecule has 7 heteroatoms. The van der Waals surface area contributed by atoms with Crippen LogP contribution in [0.15, 0.2) is 54.1 Å². The number of hydrogen-bond acceptors (Lipinski definition) is 4. The Kier molecular flexibility index (Phi) is 6.08. The Labute approximate surface area is 177 Å². The summed E-state index contributed by atoms with van der Waals surface area (Å²) in [5, 5.41) is 3.94. The maximum absolute atomic E-state index is 12.6. The van der Waals surface area contributed by atoms with Crippen LogP contribution in [0.4, 0.5) is 0 Å². The van der Waals surface area contributed by atoms with Crippen molar-refractivity contribution in [2.24, 2.45) is 0 Å². The van der Waals surface area contributed by atoms with Crippen LogP contribution < -0.4 is 10.0 Å². The van der Waals surface area contributed by atoms with Crippen LogP contribution in [0.25, 0.3) is 4.91 Å². The lowest BCUT2D eigenvalue weighted by Gasteiger charge is -2.28. The molecule has 2 heterocycles. The Hall–Kier alpha value is -1.70. The first-order valence-electron chi connectivity index (χ1n) is 9.95. The summed E-state index contributed by atoms with van der Waals surface area (Å²) in [6.07, 6.45) is 1.69. The Bertz CT molecular complexity index is 1020. The van der Waals surface area contributed by atoms with Crippen LogP contribution in [-0.2, 0) is 23.0 Å². The zero-order chi connectivity index (χ0) is 20.4. The molecular weight excluding hydrogens is 406 g/mol. The standard InChI is InChI=1S/C22H26ClN3O2S/c1-16-21(18-7-9-20(23)10-8-18)29(27,28)25-22(16)24-12-4-13-26-14-11-17-5-2-3-6-19(17)15-26/h2-3,5-10,22,24-25H,4,11-15H2,1H3. The SMILES string of the molecule is CC1=C(c2ccc(Cl)cc2)S(=O)(=O)NC1NCCCN1CCc2ccccc2C1. The van der Waals surface area contributed by atoms with Gasteiger partial charge in [0.2, 0.25) is 10.0 Å². The molecule has 2 aromatic rings. The predicted molar refractivity (Wildman–Crippen MR) is 118 cm³/mol. The summed E-state index contributed by atoms with van der Waals surface area (Å²) in [6, 6.07) is 15.5.